The summed E-state index contributed by atoms with van der Waals surface area (Å²) in [5, 5.41) is 4.09. The lowest BCUT2D eigenvalue weighted by molar-refractivity contribution is 0.424. The van der Waals surface area contributed by atoms with E-state index >= 15 is 0 Å². The number of hydrogen-bond acceptors (Lipinski definition) is 4. The first-order valence-corrected chi connectivity index (χ1v) is 7.73. The summed E-state index contributed by atoms with van der Waals surface area (Å²) < 4.78 is 0. The van der Waals surface area contributed by atoms with Gasteiger partial charge in [0.25, 0.3) is 5.56 Å². The van der Waals surface area contributed by atoms with E-state index in [9.17, 15) is 4.79 Å². The molecule has 112 valence electrons. The van der Waals surface area contributed by atoms with E-state index in [1.165, 1.54) is 35.2 Å². The standard InChI is InChI=1S/C16H21N3OS/c1-11-9-12(10-18-16(2,3)4)5-6-13(11)21-15-17-8-7-14(20)19-15/h5-9,18H,10H2,1-4H3,(H,17,19,20). The zero-order valence-electron chi connectivity index (χ0n) is 12.9. The molecule has 0 amide bonds. The molecule has 0 saturated heterocycles. The number of H-pyrrole nitrogens is 1. The topological polar surface area (TPSA) is 57.8 Å². The number of rotatable bonds is 4. The zero-order valence-corrected chi connectivity index (χ0v) is 13.7. The molecule has 0 fully saturated rings. The molecule has 4 nitrogen and oxygen atoms in total. The zero-order chi connectivity index (χ0) is 15.5. The molecule has 1 aromatic carbocycles. The number of aromatic amines is 1. The highest BCUT2D eigenvalue weighted by molar-refractivity contribution is 7.99. The second-order valence-electron chi connectivity index (χ2n) is 6.04. The summed E-state index contributed by atoms with van der Waals surface area (Å²) in [7, 11) is 0. The Hall–Kier alpha value is -1.59. The third-order valence-electron chi connectivity index (χ3n) is 2.92. The molecule has 1 aromatic heterocycles. The van der Waals surface area contributed by atoms with Crippen molar-refractivity contribution in [1.82, 2.24) is 15.3 Å². The molecule has 0 unspecified atom stereocenters. The lowest BCUT2D eigenvalue weighted by Crippen LogP contribution is -2.35. The third-order valence-corrected chi connectivity index (χ3v) is 4.00. The van der Waals surface area contributed by atoms with E-state index in [-0.39, 0.29) is 11.1 Å². The second-order valence-corrected chi connectivity index (χ2v) is 7.08. The Kier molecular flexibility index (Phi) is 4.85. The summed E-state index contributed by atoms with van der Waals surface area (Å²) in [6.45, 7) is 9.38. The van der Waals surface area contributed by atoms with Crippen LogP contribution in [0.2, 0.25) is 0 Å². The van der Waals surface area contributed by atoms with Crippen LogP contribution in [0.1, 0.15) is 31.9 Å². The van der Waals surface area contributed by atoms with Crippen LogP contribution in [0.4, 0.5) is 0 Å². The van der Waals surface area contributed by atoms with Gasteiger partial charge in [0.05, 0.1) is 0 Å². The quantitative estimate of drug-likeness (QED) is 0.852. The van der Waals surface area contributed by atoms with Gasteiger partial charge in [-0.15, -0.1) is 0 Å². The fraction of sp³-hybridized carbons (Fsp3) is 0.375. The summed E-state index contributed by atoms with van der Waals surface area (Å²) >= 11 is 1.47. The minimum atomic E-state index is -0.129. The fourth-order valence-electron chi connectivity index (χ4n) is 1.81. The molecule has 1 heterocycles. The first kappa shape index (κ1) is 15.8. The molecule has 0 bridgehead atoms. The molecule has 0 spiro atoms. The summed E-state index contributed by atoms with van der Waals surface area (Å²) in [5.74, 6) is 0. The molecule has 2 aromatic rings. The van der Waals surface area contributed by atoms with E-state index in [1.807, 2.05) is 0 Å². The van der Waals surface area contributed by atoms with Gasteiger partial charge in [0.15, 0.2) is 5.16 Å². The van der Waals surface area contributed by atoms with Crippen molar-refractivity contribution in [2.45, 2.75) is 49.8 Å². The molecule has 0 radical (unpaired) electrons. The number of nitrogens with zero attached hydrogens (tertiary/aromatic N) is 1. The highest BCUT2D eigenvalue weighted by Gasteiger charge is 2.09. The van der Waals surface area contributed by atoms with Crippen LogP contribution in [0.3, 0.4) is 0 Å². The molecule has 5 heteroatoms. The molecule has 2 rings (SSSR count). The summed E-state index contributed by atoms with van der Waals surface area (Å²) in [6.07, 6.45) is 1.53. The largest absolute Gasteiger partial charge is 0.308 e. The Labute approximate surface area is 129 Å². The Balaban J connectivity index is 2.10. The fourth-order valence-corrected chi connectivity index (χ4v) is 2.64. The molecule has 0 aliphatic rings. The van der Waals surface area contributed by atoms with E-state index in [0.29, 0.717) is 5.16 Å². The average molecular weight is 303 g/mol. The van der Waals surface area contributed by atoms with Gasteiger partial charge in [0.1, 0.15) is 0 Å². The van der Waals surface area contributed by atoms with Crippen LogP contribution >= 0.6 is 11.8 Å². The highest BCUT2D eigenvalue weighted by Crippen LogP contribution is 2.27. The molecule has 2 N–H and O–H groups in total. The van der Waals surface area contributed by atoms with Gasteiger partial charge in [0.2, 0.25) is 0 Å². The molecule has 0 aliphatic heterocycles. The Morgan fingerprint density at radius 1 is 1.29 bits per heavy atom. The highest BCUT2D eigenvalue weighted by atomic mass is 32.2. The summed E-state index contributed by atoms with van der Waals surface area (Å²) in [6, 6.07) is 7.77. The lowest BCUT2D eigenvalue weighted by atomic mass is 10.1. The molecule has 0 aliphatic carbocycles. The van der Waals surface area contributed by atoms with E-state index in [1.54, 1.807) is 0 Å². The van der Waals surface area contributed by atoms with Crippen molar-refractivity contribution in [2.24, 2.45) is 0 Å². The van der Waals surface area contributed by atoms with Crippen LogP contribution < -0.4 is 10.9 Å². The van der Waals surface area contributed by atoms with Gasteiger partial charge >= 0.3 is 0 Å². The van der Waals surface area contributed by atoms with Crippen LogP contribution in [-0.2, 0) is 6.54 Å². The van der Waals surface area contributed by atoms with E-state index in [4.69, 9.17) is 0 Å². The molecule has 0 saturated carbocycles. The van der Waals surface area contributed by atoms with Crippen LogP contribution in [0, 0.1) is 6.92 Å². The van der Waals surface area contributed by atoms with Crippen molar-refractivity contribution in [1.29, 1.82) is 0 Å². The van der Waals surface area contributed by atoms with Gasteiger partial charge in [-0.05, 0) is 44.9 Å². The van der Waals surface area contributed by atoms with E-state index in [2.05, 4.69) is 61.2 Å². The molecular weight excluding hydrogens is 282 g/mol. The maximum absolute atomic E-state index is 11.3. The van der Waals surface area contributed by atoms with Crippen LogP contribution in [-0.4, -0.2) is 15.5 Å². The van der Waals surface area contributed by atoms with Crippen molar-refractivity contribution in [2.75, 3.05) is 0 Å². The number of nitrogens with one attached hydrogen (secondary N) is 2. The predicted molar refractivity (Wildman–Crippen MR) is 86.8 cm³/mol. The van der Waals surface area contributed by atoms with Gasteiger partial charge < -0.3 is 10.3 Å². The average Bonchev–Trinajstić information content (AvgIpc) is 2.38. The van der Waals surface area contributed by atoms with Gasteiger partial charge in [-0.3, -0.25) is 4.79 Å². The third kappa shape index (κ3) is 5.02. The van der Waals surface area contributed by atoms with Crippen molar-refractivity contribution in [3.63, 3.8) is 0 Å². The first-order valence-electron chi connectivity index (χ1n) is 6.91. The van der Waals surface area contributed by atoms with E-state index in [0.717, 1.165) is 11.4 Å². The SMILES string of the molecule is Cc1cc(CNC(C)(C)C)ccc1Sc1nccc(=O)[nH]1. The van der Waals surface area contributed by atoms with Crippen LogP contribution in [0.25, 0.3) is 0 Å². The van der Waals surface area contributed by atoms with Gasteiger partial charge in [0, 0.05) is 29.2 Å². The van der Waals surface area contributed by atoms with E-state index < -0.39 is 0 Å². The molecule has 21 heavy (non-hydrogen) atoms. The van der Waals surface area contributed by atoms with Gasteiger partial charge in [-0.1, -0.05) is 23.9 Å². The number of aromatic nitrogens is 2. The lowest BCUT2D eigenvalue weighted by Gasteiger charge is -2.20. The number of benzene rings is 1. The second kappa shape index (κ2) is 6.45. The summed E-state index contributed by atoms with van der Waals surface area (Å²) in [5.41, 5.74) is 2.41. The molecular formula is C16H21N3OS. The maximum Gasteiger partial charge on any atom is 0.251 e. The van der Waals surface area contributed by atoms with Crippen molar-refractivity contribution in [3.05, 3.63) is 51.9 Å². The Morgan fingerprint density at radius 3 is 2.67 bits per heavy atom. The predicted octanol–water partition coefficient (Wildman–Crippen LogP) is 3.12. The van der Waals surface area contributed by atoms with Gasteiger partial charge in [-0.2, -0.15) is 0 Å². The van der Waals surface area contributed by atoms with Crippen LogP contribution in [0.5, 0.6) is 0 Å². The number of hydrogen-bond donors (Lipinski definition) is 2. The smallest absolute Gasteiger partial charge is 0.251 e. The van der Waals surface area contributed by atoms with Crippen molar-refractivity contribution in [3.8, 4) is 0 Å². The van der Waals surface area contributed by atoms with Crippen LogP contribution in [0.15, 0.2) is 45.3 Å². The summed E-state index contributed by atoms with van der Waals surface area (Å²) in [4.78, 5) is 19.3. The van der Waals surface area contributed by atoms with Crippen molar-refractivity contribution < 1.29 is 0 Å². The van der Waals surface area contributed by atoms with Crippen molar-refractivity contribution >= 4 is 11.8 Å². The maximum atomic E-state index is 11.3. The minimum Gasteiger partial charge on any atom is -0.308 e. The Bertz CT molecular complexity index is 674. The normalized spacial score (nSPS) is 11.6. The molecule has 0 atom stereocenters. The van der Waals surface area contributed by atoms with Gasteiger partial charge in [-0.25, -0.2) is 4.98 Å². The minimum absolute atomic E-state index is 0.106. The number of aryl methyl sites for hydroxylation is 1. The first-order chi connectivity index (χ1) is 9.83. The Morgan fingerprint density at radius 2 is 2.05 bits per heavy atom. The monoisotopic (exact) mass is 303 g/mol.